The minimum Gasteiger partial charge on any atom is -0.480 e. The van der Waals surface area contributed by atoms with E-state index in [-0.39, 0.29) is 24.5 Å². The van der Waals surface area contributed by atoms with Crippen molar-refractivity contribution in [2.45, 2.75) is 19.8 Å². The second kappa shape index (κ2) is 6.56. The fraction of sp³-hybridized carbons (Fsp3) is 0.818. The van der Waals surface area contributed by atoms with Gasteiger partial charge in [0.1, 0.15) is 6.61 Å². The van der Waals surface area contributed by atoms with E-state index < -0.39 is 5.97 Å². The summed E-state index contributed by atoms with van der Waals surface area (Å²) in [4.78, 5) is 21.6. The molecule has 0 unspecified atom stereocenters. The lowest BCUT2D eigenvalue weighted by atomic mass is 10.1. The second-order valence-electron chi connectivity index (χ2n) is 4.38. The second-order valence-corrected chi connectivity index (χ2v) is 4.38. The zero-order valence-corrected chi connectivity index (χ0v) is 10.0. The molecule has 0 aromatic rings. The lowest BCUT2D eigenvalue weighted by Gasteiger charge is -2.10. The lowest BCUT2D eigenvalue weighted by molar-refractivity contribution is -0.142. The van der Waals surface area contributed by atoms with Gasteiger partial charge in [0.2, 0.25) is 5.91 Å². The molecule has 1 saturated carbocycles. The van der Waals surface area contributed by atoms with E-state index in [2.05, 4.69) is 5.32 Å². The molecule has 0 atom stereocenters. The first-order valence-corrected chi connectivity index (χ1v) is 5.70. The summed E-state index contributed by atoms with van der Waals surface area (Å²) in [7, 11) is 0. The number of rotatable bonds is 9. The molecule has 0 spiro atoms. The largest absolute Gasteiger partial charge is 0.480 e. The number of hydrogen-bond acceptors (Lipinski definition) is 4. The van der Waals surface area contributed by atoms with Crippen LogP contribution < -0.4 is 5.32 Å². The molecule has 98 valence electrons. The number of aliphatic carboxylic acids is 1. The van der Waals surface area contributed by atoms with Gasteiger partial charge in [-0.15, -0.1) is 0 Å². The van der Waals surface area contributed by atoms with Crippen molar-refractivity contribution in [3.63, 3.8) is 0 Å². The van der Waals surface area contributed by atoms with Gasteiger partial charge in [0.25, 0.3) is 0 Å². The summed E-state index contributed by atoms with van der Waals surface area (Å²) in [6.07, 6.45) is 1.92. The van der Waals surface area contributed by atoms with Gasteiger partial charge in [-0.3, -0.25) is 4.79 Å². The monoisotopic (exact) mass is 245 g/mol. The van der Waals surface area contributed by atoms with Gasteiger partial charge in [-0.25, -0.2) is 4.79 Å². The molecule has 0 saturated heterocycles. The van der Waals surface area contributed by atoms with Crippen LogP contribution in [-0.2, 0) is 19.1 Å². The fourth-order valence-corrected chi connectivity index (χ4v) is 1.24. The van der Waals surface area contributed by atoms with Crippen molar-refractivity contribution in [3.8, 4) is 0 Å². The highest BCUT2D eigenvalue weighted by atomic mass is 16.5. The number of carboxylic acid groups (broad SMARTS) is 1. The Kier molecular flexibility index (Phi) is 5.37. The van der Waals surface area contributed by atoms with E-state index in [9.17, 15) is 9.59 Å². The van der Waals surface area contributed by atoms with Crippen LogP contribution in [0.4, 0.5) is 0 Å². The van der Waals surface area contributed by atoms with Gasteiger partial charge in [0, 0.05) is 12.0 Å². The molecule has 2 N–H and O–H groups in total. The molecule has 1 aliphatic rings. The zero-order chi connectivity index (χ0) is 12.7. The minimum atomic E-state index is -0.991. The summed E-state index contributed by atoms with van der Waals surface area (Å²) in [5.41, 5.74) is -0.148. The molecule has 0 radical (unpaired) electrons. The average molecular weight is 245 g/mol. The molecule has 1 fully saturated rings. The first-order chi connectivity index (χ1) is 8.04. The topological polar surface area (TPSA) is 84.9 Å². The van der Waals surface area contributed by atoms with E-state index in [0.29, 0.717) is 19.8 Å². The number of amides is 1. The Balaban J connectivity index is 1.84. The summed E-state index contributed by atoms with van der Waals surface area (Å²) >= 11 is 0. The predicted octanol–water partition coefficient (Wildman–Crippen LogP) is 0.0205. The molecule has 1 rings (SSSR count). The maximum atomic E-state index is 11.5. The molecule has 0 aliphatic heterocycles. The fourth-order valence-electron chi connectivity index (χ4n) is 1.24. The zero-order valence-electron chi connectivity index (χ0n) is 10.0. The Labute approximate surface area is 100 Å². The average Bonchev–Trinajstić information content (AvgIpc) is 3.01. The van der Waals surface area contributed by atoms with E-state index in [1.165, 1.54) is 0 Å². The molecule has 0 heterocycles. The summed E-state index contributed by atoms with van der Waals surface area (Å²) in [6, 6.07) is 0. The van der Waals surface area contributed by atoms with Gasteiger partial charge in [-0.2, -0.15) is 0 Å². The van der Waals surface area contributed by atoms with E-state index in [1.807, 2.05) is 6.92 Å². The standard InChI is InChI=1S/C11H19NO5/c1-11(2-3-11)10(15)12-4-5-16-6-7-17-8-9(13)14/h2-8H2,1H3,(H,12,15)(H,13,14). The van der Waals surface area contributed by atoms with Crippen LogP contribution in [0.25, 0.3) is 0 Å². The maximum Gasteiger partial charge on any atom is 0.329 e. The van der Waals surface area contributed by atoms with Crippen molar-refractivity contribution in [1.82, 2.24) is 5.32 Å². The van der Waals surface area contributed by atoms with E-state index in [4.69, 9.17) is 14.6 Å². The minimum absolute atomic E-state index is 0.0863. The third kappa shape index (κ3) is 5.65. The lowest BCUT2D eigenvalue weighted by Crippen LogP contribution is -2.33. The number of carbonyl (C=O) groups is 2. The molecule has 0 aromatic heterocycles. The Morgan fingerprint density at radius 3 is 2.47 bits per heavy atom. The number of hydrogen-bond donors (Lipinski definition) is 2. The SMILES string of the molecule is CC1(C(=O)NCCOCCOCC(=O)O)CC1. The van der Waals surface area contributed by atoms with E-state index in [1.54, 1.807) is 0 Å². The van der Waals surface area contributed by atoms with Gasteiger partial charge in [0.05, 0.1) is 19.8 Å². The van der Waals surface area contributed by atoms with Gasteiger partial charge >= 0.3 is 5.97 Å². The summed E-state index contributed by atoms with van der Waals surface area (Å²) in [5.74, 6) is -0.904. The molecule has 6 heteroatoms. The van der Waals surface area contributed by atoms with Crippen LogP contribution in [0.1, 0.15) is 19.8 Å². The third-order valence-electron chi connectivity index (χ3n) is 2.68. The van der Waals surface area contributed by atoms with Crippen LogP contribution in [-0.4, -0.2) is 50.0 Å². The Morgan fingerprint density at radius 2 is 1.88 bits per heavy atom. The Bertz CT molecular complexity index is 275. The van der Waals surface area contributed by atoms with Crippen molar-refractivity contribution >= 4 is 11.9 Å². The molecule has 0 bridgehead atoms. The molecular formula is C11H19NO5. The van der Waals surface area contributed by atoms with Crippen molar-refractivity contribution in [1.29, 1.82) is 0 Å². The molecule has 1 amide bonds. The molecule has 1 aliphatic carbocycles. The van der Waals surface area contributed by atoms with Crippen LogP contribution >= 0.6 is 0 Å². The van der Waals surface area contributed by atoms with Crippen LogP contribution in [0.2, 0.25) is 0 Å². The van der Waals surface area contributed by atoms with Crippen molar-refractivity contribution < 1.29 is 24.2 Å². The molecule has 0 aromatic carbocycles. The number of carboxylic acids is 1. The highest BCUT2D eigenvalue weighted by Gasteiger charge is 2.44. The van der Waals surface area contributed by atoms with Crippen molar-refractivity contribution in [2.24, 2.45) is 5.41 Å². The Hall–Kier alpha value is -1.14. The summed E-state index contributed by atoms with van der Waals surface area (Å²) < 4.78 is 9.94. The van der Waals surface area contributed by atoms with Crippen molar-refractivity contribution in [2.75, 3.05) is 33.0 Å². The number of ether oxygens (including phenoxy) is 2. The van der Waals surface area contributed by atoms with Gasteiger partial charge in [-0.1, -0.05) is 6.92 Å². The van der Waals surface area contributed by atoms with Gasteiger partial charge < -0.3 is 19.9 Å². The van der Waals surface area contributed by atoms with Crippen LogP contribution in [0.15, 0.2) is 0 Å². The summed E-state index contributed by atoms with van der Waals surface area (Å²) in [6.45, 7) is 3.12. The van der Waals surface area contributed by atoms with Gasteiger partial charge in [0.15, 0.2) is 0 Å². The molecule has 17 heavy (non-hydrogen) atoms. The first-order valence-electron chi connectivity index (χ1n) is 5.70. The van der Waals surface area contributed by atoms with E-state index >= 15 is 0 Å². The third-order valence-corrected chi connectivity index (χ3v) is 2.68. The smallest absolute Gasteiger partial charge is 0.329 e. The molecule has 6 nitrogen and oxygen atoms in total. The highest BCUT2D eigenvalue weighted by Crippen LogP contribution is 2.44. The highest BCUT2D eigenvalue weighted by molar-refractivity contribution is 5.84. The van der Waals surface area contributed by atoms with Crippen LogP contribution in [0.5, 0.6) is 0 Å². The molecular weight excluding hydrogens is 226 g/mol. The quantitative estimate of drug-likeness (QED) is 0.559. The Morgan fingerprint density at radius 1 is 1.24 bits per heavy atom. The number of nitrogens with one attached hydrogen (secondary N) is 1. The number of carbonyl (C=O) groups excluding carboxylic acids is 1. The predicted molar refractivity (Wildman–Crippen MR) is 59.6 cm³/mol. The van der Waals surface area contributed by atoms with Gasteiger partial charge in [-0.05, 0) is 12.8 Å². The van der Waals surface area contributed by atoms with E-state index in [0.717, 1.165) is 12.8 Å². The summed E-state index contributed by atoms with van der Waals surface area (Å²) in [5, 5.41) is 11.1. The normalized spacial score (nSPS) is 16.5. The maximum absolute atomic E-state index is 11.5. The van der Waals surface area contributed by atoms with Crippen LogP contribution in [0, 0.1) is 5.41 Å². The van der Waals surface area contributed by atoms with Crippen molar-refractivity contribution in [3.05, 3.63) is 0 Å². The van der Waals surface area contributed by atoms with Crippen LogP contribution in [0.3, 0.4) is 0 Å². The first kappa shape index (κ1) is 13.9.